The highest BCUT2D eigenvalue weighted by molar-refractivity contribution is 5.26. The van der Waals surface area contributed by atoms with Gasteiger partial charge in [-0.3, -0.25) is 4.79 Å². The quantitative estimate of drug-likeness (QED) is 0.871. The van der Waals surface area contributed by atoms with Crippen molar-refractivity contribution in [3.8, 4) is 0 Å². The zero-order valence-electron chi connectivity index (χ0n) is 9.27. The molecule has 2 rings (SSSR count). The van der Waals surface area contributed by atoms with Crippen LogP contribution in [0.4, 0.5) is 4.39 Å². The molecule has 0 saturated heterocycles. The lowest BCUT2D eigenvalue weighted by Crippen LogP contribution is -2.19. The molecule has 1 aromatic heterocycles. The molecule has 2 aromatic rings. The fourth-order valence-corrected chi connectivity index (χ4v) is 1.69. The number of hydrogen-bond donors (Lipinski definition) is 1. The summed E-state index contributed by atoms with van der Waals surface area (Å²) in [6.45, 7) is 0.378. The third-order valence-electron chi connectivity index (χ3n) is 2.62. The van der Waals surface area contributed by atoms with Gasteiger partial charge >= 0.3 is 0 Å². The summed E-state index contributed by atoms with van der Waals surface area (Å²) in [6, 6.07) is 9.90. The average molecular weight is 232 g/mol. The normalized spacial score (nSPS) is 10.5. The molecule has 0 amide bonds. The van der Waals surface area contributed by atoms with E-state index in [9.17, 15) is 9.18 Å². The summed E-state index contributed by atoms with van der Waals surface area (Å²) in [4.78, 5) is 11.5. The van der Waals surface area contributed by atoms with Gasteiger partial charge in [0.05, 0.1) is 6.54 Å². The molecule has 0 bridgehead atoms. The van der Waals surface area contributed by atoms with E-state index in [1.165, 1.54) is 10.6 Å². The minimum atomic E-state index is -0.328. The van der Waals surface area contributed by atoms with Crippen LogP contribution in [0.25, 0.3) is 0 Å². The largest absolute Gasteiger partial charge is 0.326 e. The Morgan fingerprint density at radius 1 is 1.12 bits per heavy atom. The molecule has 88 valence electrons. The topological polar surface area (TPSA) is 48.0 Å². The van der Waals surface area contributed by atoms with E-state index in [0.717, 1.165) is 0 Å². The summed E-state index contributed by atoms with van der Waals surface area (Å²) in [5.74, 6) is -0.328. The second-order valence-corrected chi connectivity index (χ2v) is 3.76. The van der Waals surface area contributed by atoms with Crippen LogP contribution in [-0.2, 0) is 13.1 Å². The number of benzene rings is 1. The van der Waals surface area contributed by atoms with Gasteiger partial charge in [0, 0.05) is 29.9 Å². The molecule has 0 spiro atoms. The molecular formula is C13H13FN2O. The van der Waals surface area contributed by atoms with Crippen LogP contribution in [0.15, 0.2) is 47.4 Å². The number of nitrogens with zero attached hydrogens (tertiary/aromatic N) is 1. The van der Waals surface area contributed by atoms with E-state index in [4.69, 9.17) is 5.73 Å². The summed E-state index contributed by atoms with van der Waals surface area (Å²) >= 11 is 0. The minimum Gasteiger partial charge on any atom is -0.326 e. The van der Waals surface area contributed by atoms with Crippen molar-refractivity contribution in [1.29, 1.82) is 0 Å². The van der Waals surface area contributed by atoms with Crippen molar-refractivity contribution in [2.45, 2.75) is 13.1 Å². The highest BCUT2D eigenvalue weighted by Gasteiger charge is 2.07. The number of nitrogens with two attached hydrogens (primary N) is 1. The van der Waals surface area contributed by atoms with Gasteiger partial charge in [-0.05, 0) is 6.07 Å². The summed E-state index contributed by atoms with van der Waals surface area (Å²) < 4.78 is 15.4. The zero-order chi connectivity index (χ0) is 12.3. The highest BCUT2D eigenvalue weighted by atomic mass is 19.1. The average Bonchev–Trinajstić information content (AvgIpc) is 2.34. The maximum Gasteiger partial charge on any atom is 0.250 e. The lowest BCUT2D eigenvalue weighted by molar-refractivity contribution is 0.581. The molecule has 3 nitrogen and oxygen atoms in total. The first-order valence-electron chi connectivity index (χ1n) is 5.34. The number of halogens is 1. The molecule has 17 heavy (non-hydrogen) atoms. The van der Waals surface area contributed by atoms with Crippen LogP contribution < -0.4 is 11.3 Å². The van der Waals surface area contributed by atoms with Crippen molar-refractivity contribution >= 4 is 0 Å². The lowest BCUT2D eigenvalue weighted by atomic mass is 10.1. The van der Waals surface area contributed by atoms with Gasteiger partial charge in [-0.1, -0.05) is 24.3 Å². The van der Waals surface area contributed by atoms with Gasteiger partial charge in [0.15, 0.2) is 0 Å². The monoisotopic (exact) mass is 232 g/mol. The number of pyridine rings is 1. The fourth-order valence-electron chi connectivity index (χ4n) is 1.69. The van der Waals surface area contributed by atoms with E-state index in [0.29, 0.717) is 11.1 Å². The lowest BCUT2D eigenvalue weighted by Gasteiger charge is -2.08. The van der Waals surface area contributed by atoms with Crippen LogP contribution in [0.2, 0.25) is 0 Å². The zero-order valence-corrected chi connectivity index (χ0v) is 9.27. The summed E-state index contributed by atoms with van der Waals surface area (Å²) in [5, 5.41) is 0. The van der Waals surface area contributed by atoms with Crippen LogP contribution in [0.5, 0.6) is 0 Å². The molecule has 0 fully saturated rings. The highest BCUT2D eigenvalue weighted by Crippen LogP contribution is 2.13. The van der Waals surface area contributed by atoms with Crippen LogP contribution >= 0.6 is 0 Å². The van der Waals surface area contributed by atoms with Crippen LogP contribution in [0.3, 0.4) is 0 Å². The smallest absolute Gasteiger partial charge is 0.250 e. The van der Waals surface area contributed by atoms with E-state index in [-0.39, 0.29) is 24.5 Å². The molecule has 0 unspecified atom stereocenters. The van der Waals surface area contributed by atoms with Gasteiger partial charge in [-0.2, -0.15) is 0 Å². The molecule has 0 aliphatic carbocycles. The predicted molar refractivity (Wildman–Crippen MR) is 64.1 cm³/mol. The Bertz CT molecular complexity index is 578. The summed E-state index contributed by atoms with van der Waals surface area (Å²) in [6.07, 6.45) is 1.64. The Morgan fingerprint density at radius 2 is 1.88 bits per heavy atom. The van der Waals surface area contributed by atoms with Crippen molar-refractivity contribution < 1.29 is 4.39 Å². The number of aromatic nitrogens is 1. The SMILES string of the molecule is NCc1cccc(Cn2ccccc2=O)c1F. The first-order valence-corrected chi connectivity index (χ1v) is 5.34. The third-order valence-corrected chi connectivity index (χ3v) is 2.62. The third kappa shape index (κ3) is 2.42. The Hall–Kier alpha value is -1.94. The molecule has 4 heteroatoms. The maximum atomic E-state index is 13.9. The molecule has 0 saturated carbocycles. The molecule has 0 atom stereocenters. The Labute approximate surface area is 98.3 Å². The standard InChI is InChI=1S/C13H13FN2O/c14-13-10(8-15)4-3-5-11(13)9-16-7-2-1-6-12(16)17/h1-7H,8-9,15H2. The van der Waals surface area contributed by atoms with Crippen molar-refractivity contribution in [3.63, 3.8) is 0 Å². The molecule has 1 aromatic carbocycles. The van der Waals surface area contributed by atoms with Crippen LogP contribution in [-0.4, -0.2) is 4.57 Å². The van der Waals surface area contributed by atoms with Gasteiger partial charge in [-0.25, -0.2) is 4.39 Å². The van der Waals surface area contributed by atoms with Crippen LogP contribution in [0, 0.1) is 5.82 Å². The predicted octanol–water partition coefficient (Wildman–Crippen LogP) is 1.49. The van der Waals surface area contributed by atoms with Crippen molar-refractivity contribution in [2.24, 2.45) is 5.73 Å². The van der Waals surface area contributed by atoms with Crippen molar-refractivity contribution in [1.82, 2.24) is 4.57 Å². The summed E-state index contributed by atoms with van der Waals surface area (Å²) in [7, 11) is 0. The maximum absolute atomic E-state index is 13.9. The minimum absolute atomic E-state index is 0.148. The second-order valence-electron chi connectivity index (χ2n) is 3.76. The number of hydrogen-bond acceptors (Lipinski definition) is 2. The van der Waals surface area contributed by atoms with Gasteiger partial charge in [0.25, 0.3) is 5.56 Å². The van der Waals surface area contributed by atoms with E-state index < -0.39 is 0 Å². The van der Waals surface area contributed by atoms with Gasteiger partial charge < -0.3 is 10.3 Å². The Balaban J connectivity index is 2.37. The second kappa shape index (κ2) is 4.93. The summed E-state index contributed by atoms with van der Waals surface area (Å²) in [5.41, 5.74) is 6.22. The van der Waals surface area contributed by atoms with Crippen LogP contribution in [0.1, 0.15) is 11.1 Å². The molecule has 0 aliphatic heterocycles. The Kier molecular flexibility index (Phi) is 3.35. The Morgan fingerprint density at radius 3 is 2.59 bits per heavy atom. The molecule has 1 heterocycles. The molecular weight excluding hydrogens is 219 g/mol. The van der Waals surface area contributed by atoms with Crippen molar-refractivity contribution in [2.75, 3.05) is 0 Å². The first kappa shape index (κ1) is 11.5. The fraction of sp³-hybridized carbons (Fsp3) is 0.154. The molecule has 0 aliphatic rings. The van der Waals surface area contributed by atoms with E-state index in [2.05, 4.69) is 0 Å². The van der Waals surface area contributed by atoms with E-state index >= 15 is 0 Å². The molecule has 0 radical (unpaired) electrons. The molecule has 2 N–H and O–H groups in total. The first-order chi connectivity index (χ1) is 8.22. The van der Waals surface area contributed by atoms with Gasteiger partial charge in [0.1, 0.15) is 5.82 Å². The number of rotatable bonds is 3. The van der Waals surface area contributed by atoms with Gasteiger partial charge in [0.2, 0.25) is 0 Å². The van der Waals surface area contributed by atoms with Crippen molar-refractivity contribution in [3.05, 3.63) is 69.9 Å². The van der Waals surface area contributed by atoms with E-state index in [1.807, 2.05) is 0 Å². The van der Waals surface area contributed by atoms with Gasteiger partial charge in [-0.15, -0.1) is 0 Å². The van der Waals surface area contributed by atoms with E-state index in [1.54, 1.807) is 36.5 Å².